The summed E-state index contributed by atoms with van der Waals surface area (Å²) in [5, 5.41) is 3.07. The molecule has 0 spiro atoms. The first-order chi connectivity index (χ1) is 13.4. The third kappa shape index (κ3) is 4.44. The molecular formula is C24H30N2O2. The van der Waals surface area contributed by atoms with Gasteiger partial charge in [-0.15, -0.1) is 0 Å². The Kier molecular flexibility index (Phi) is 6.18. The first-order valence-electron chi connectivity index (χ1n) is 10.1. The van der Waals surface area contributed by atoms with Gasteiger partial charge in [0.15, 0.2) is 0 Å². The van der Waals surface area contributed by atoms with Crippen molar-refractivity contribution < 1.29 is 9.59 Å². The monoisotopic (exact) mass is 378 g/mol. The van der Waals surface area contributed by atoms with Crippen LogP contribution < -0.4 is 5.32 Å². The summed E-state index contributed by atoms with van der Waals surface area (Å²) < 4.78 is 0. The van der Waals surface area contributed by atoms with Gasteiger partial charge in [-0.1, -0.05) is 61.9 Å². The summed E-state index contributed by atoms with van der Waals surface area (Å²) in [5.41, 5.74) is 3.99. The van der Waals surface area contributed by atoms with Crippen LogP contribution in [0.4, 0.5) is 0 Å². The van der Waals surface area contributed by atoms with E-state index in [9.17, 15) is 9.59 Å². The van der Waals surface area contributed by atoms with Crippen molar-refractivity contribution in [3.63, 3.8) is 0 Å². The van der Waals surface area contributed by atoms with Crippen LogP contribution in [-0.4, -0.2) is 36.3 Å². The lowest BCUT2D eigenvalue weighted by Crippen LogP contribution is -2.37. The van der Waals surface area contributed by atoms with E-state index in [1.807, 2.05) is 36.1 Å². The van der Waals surface area contributed by atoms with Crippen molar-refractivity contribution >= 4 is 11.8 Å². The number of aryl methyl sites for hydroxylation is 2. The van der Waals surface area contributed by atoms with Gasteiger partial charge in [0.05, 0.1) is 5.92 Å². The number of nitrogens with zero attached hydrogens (tertiary/aromatic N) is 1. The predicted octanol–water partition coefficient (Wildman–Crippen LogP) is 3.93. The second-order valence-electron chi connectivity index (χ2n) is 8.29. The van der Waals surface area contributed by atoms with E-state index in [4.69, 9.17) is 0 Å². The minimum atomic E-state index is -0.227. The number of amides is 2. The molecule has 1 N–H and O–H groups in total. The normalized spacial score (nSPS) is 19.1. The van der Waals surface area contributed by atoms with Gasteiger partial charge in [-0.05, 0) is 37.0 Å². The number of nitrogens with one attached hydrogen (secondary N) is 1. The highest BCUT2D eigenvalue weighted by atomic mass is 16.2. The summed E-state index contributed by atoms with van der Waals surface area (Å²) in [6.07, 6.45) is 0. The molecule has 2 amide bonds. The number of rotatable bonds is 5. The number of carbonyl (C=O) groups excluding carboxylic acids is 2. The Bertz CT molecular complexity index is 842. The summed E-state index contributed by atoms with van der Waals surface area (Å²) in [5.74, 6) is 0.233. The number of hydrogen-bond acceptors (Lipinski definition) is 2. The Morgan fingerprint density at radius 3 is 2.36 bits per heavy atom. The Labute approximate surface area is 167 Å². The highest BCUT2D eigenvalue weighted by Gasteiger charge is 2.40. The molecule has 1 aliphatic heterocycles. The maximum Gasteiger partial charge on any atom is 0.254 e. The molecule has 2 aromatic carbocycles. The minimum Gasteiger partial charge on any atom is -0.356 e. The third-order valence-electron chi connectivity index (χ3n) is 5.51. The van der Waals surface area contributed by atoms with Crippen molar-refractivity contribution in [2.75, 3.05) is 19.6 Å². The van der Waals surface area contributed by atoms with Gasteiger partial charge in [0.2, 0.25) is 5.91 Å². The fourth-order valence-electron chi connectivity index (χ4n) is 3.81. The second kappa shape index (κ2) is 8.59. The van der Waals surface area contributed by atoms with Crippen LogP contribution in [0.3, 0.4) is 0 Å². The quantitative estimate of drug-likeness (QED) is 0.857. The highest BCUT2D eigenvalue weighted by Crippen LogP contribution is 2.34. The molecule has 2 unspecified atom stereocenters. The average Bonchev–Trinajstić information content (AvgIpc) is 3.12. The maximum atomic E-state index is 13.1. The van der Waals surface area contributed by atoms with Crippen molar-refractivity contribution in [2.45, 2.75) is 33.6 Å². The van der Waals surface area contributed by atoms with Crippen LogP contribution in [-0.2, 0) is 4.79 Å². The van der Waals surface area contributed by atoms with Crippen LogP contribution >= 0.6 is 0 Å². The number of carbonyl (C=O) groups is 2. The van der Waals surface area contributed by atoms with E-state index in [2.05, 4.69) is 50.4 Å². The zero-order chi connectivity index (χ0) is 20.3. The van der Waals surface area contributed by atoms with Gasteiger partial charge < -0.3 is 10.2 Å². The van der Waals surface area contributed by atoms with Gasteiger partial charge in [0.1, 0.15) is 0 Å². The van der Waals surface area contributed by atoms with Gasteiger partial charge in [-0.3, -0.25) is 9.59 Å². The van der Waals surface area contributed by atoms with Crippen molar-refractivity contribution in [1.29, 1.82) is 0 Å². The van der Waals surface area contributed by atoms with Gasteiger partial charge in [0.25, 0.3) is 5.91 Å². The molecule has 1 aliphatic rings. The van der Waals surface area contributed by atoms with Crippen molar-refractivity contribution in [2.24, 2.45) is 11.8 Å². The highest BCUT2D eigenvalue weighted by molar-refractivity contribution is 5.96. The molecule has 28 heavy (non-hydrogen) atoms. The van der Waals surface area contributed by atoms with Crippen LogP contribution in [0.5, 0.6) is 0 Å². The van der Waals surface area contributed by atoms with Gasteiger partial charge in [-0.2, -0.15) is 0 Å². The average molecular weight is 379 g/mol. The zero-order valence-electron chi connectivity index (χ0n) is 17.2. The largest absolute Gasteiger partial charge is 0.356 e. The number of hydrogen-bond donors (Lipinski definition) is 1. The van der Waals surface area contributed by atoms with Gasteiger partial charge in [-0.25, -0.2) is 0 Å². The van der Waals surface area contributed by atoms with Crippen molar-refractivity contribution in [3.8, 4) is 0 Å². The fraction of sp³-hybridized carbons (Fsp3) is 0.417. The Hall–Kier alpha value is -2.62. The summed E-state index contributed by atoms with van der Waals surface area (Å²) in [6.45, 7) is 9.85. The smallest absolute Gasteiger partial charge is 0.254 e. The second-order valence-corrected chi connectivity index (χ2v) is 8.29. The molecule has 148 valence electrons. The number of benzene rings is 2. The molecule has 0 aromatic heterocycles. The van der Waals surface area contributed by atoms with E-state index in [1.54, 1.807) is 0 Å². The van der Waals surface area contributed by atoms with Gasteiger partial charge >= 0.3 is 0 Å². The third-order valence-corrected chi connectivity index (χ3v) is 5.51. The van der Waals surface area contributed by atoms with E-state index in [0.717, 1.165) is 11.1 Å². The Morgan fingerprint density at radius 1 is 1.04 bits per heavy atom. The molecule has 0 radical (unpaired) electrons. The van der Waals surface area contributed by atoms with E-state index >= 15 is 0 Å². The Balaban J connectivity index is 1.85. The van der Waals surface area contributed by atoms with E-state index in [1.165, 1.54) is 5.56 Å². The molecule has 4 nitrogen and oxygen atoms in total. The van der Waals surface area contributed by atoms with E-state index in [0.29, 0.717) is 31.1 Å². The van der Waals surface area contributed by atoms with Crippen molar-refractivity contribution in [3.05, 3.63) is 70.8 Å². The predicted molar refractivity (Wildman–Crippen MR) is 112 cm³/mol. The molecule has 0 bridgehead atoms. The summed E-state index contributed by atoms with van der Waals surface area (Å²) in [4.78, 5) is 27.9. The van der Waals surface area contributed by atoms with E-state index in [-0.39, 0.29) is 23.7 Å². The first kappa shape index (κ1) is 20.1. The fourth-order valence-corrected chi connectivity index (χ4v) is 3.81. The molecule has 2 atom stereocenters. The summed E-state index contributed by atoms with van der Waals surface area (Å²) in [7, 11) is 0. The van der Waals surface area contributed by atoms with Crippen LogP contribution in [0.1, 0.15) is 46.8 Å². The van der Waals surface area contributed by atoms with Crippen LogP contribution in [0.15, 0.2) is 48.5 Å². The molecule has 3 rings (SSSR count). The van der Waals surface area contributed by atoms with Crippen LogP contribution in [0.2, 0.25) is 0 Å². The van der Waals surface area contributed by atoms with Crippen LogP contribution in [0.25, 0.3) is 0 Å². The lowest BCUT2D eigenvalue weighted by molar-refractivity contribution is -0.125. The SMILES string of the molecule is Cc1ccc(C2CN(C(=O)c3ccccc3C)CC2C(=O)NCC(C)C)cc1. The first-order valence-corrected chi connectivity index (χ1v) is 10.1. The van der Waals surface area contributed by atoms with E-state index < -0.39 is 0 Å². The lowest BCUT2D eigenvalue weighted by Gasteiger charge is -2.19. The standard InChI is InChI=1S/C24H30N2O2/c1-16(2)13-25-23(27)22-15-26(24(28)20-8-6-5-7-18(20)4)14-21(22)19-11-9-17(3)10-12-19/h5-12,16,21-22H,13-15H2,1-4H3,(H,25,27). The molecular weight excluding hydrogens is 348 g/mol. The molecule has 1 fully saturated rings. The molecule has 0 aliphatic carbocycles. The lowest BCUT2D eigenvalue weighted by atomic mass is 9.88. The Morgan fingerprint density at radius 2 is 1.71 bits per heavy atom. The molecule has 4 heteroatoms. The zero-order valence-corrected chi connectivity index (χ0v) is 17.2. The summed E-state index contributed by atoms with van der Waals surface area (Å²) in [6, 6.07) is 16.0. The van der Waals surface area contributed by atoms with Gasteiger partial charge in [0, 0.05) is 31.1 Å². The topological polar surface area (TPSA) is 49.4 Å². The van der Waals surface area contributed by atoms with Crippen molar-refractivity contribution in [1.82, 2.24) is 10.2 Å². The van der Waals surface area contributed by atoms with Crippen LogP contribution in [0, 0.1) is 25.7 Å². The number of likely N-dealkylation sites (tertiary alicyclic amines) is 1. The summed E-state index contributed by atoms with van der Waals surface area (Å²) >= 11 is 0. The molecule has 0 saturated carbocycles. The molecule has 1 saturated heterocycles. The molecule has 1 heterocycles. The maximum absolute atomic E-state index is 13.1. The minimum absolute atomic E-state index is 0.00868. The molecule has 2 aromatic rings.